The number of fused-ring (bicyclic) bond motifs is 1. The quantitative estimate of drug-likeness (QED) is 0.759. The summed E-state index contributed by atoms with van der Waals surface area (Å²) in [5.41, 5.74) is -0.182. The molecule has 0 spiro atoms. The molecule has 1 unspecified atom stereocenters. The molecule has 0 radical (unpaired) electrons. The summed E-state index contributed by atoms with van der Waals surface area (Å²) in [6.07, 6.45) is 0. The van der Waals surface area contributed by atoms with Gasteiger partial charge in [0.25, 0.3) is 0 Å². The molecule has 2 rings (SSSR count). The number of carbonyl (C=O) groups excluding carboxylic acids is 1. The average Bonchev–Trinajstić information content (AvgIpc) is 2.53. The molecule has 3 nitrogen and oxygen atoms in total. The second kappa shape index (κ2) is 3.79. The van der Waals surface area contributed by atoms with Gasteiger partial charge in [-0.25, -0.2) is 13.2 Å². The molecule has 1 amide bonds. The number of carbonyl (C=O) groups is 1. The Morgan fingerprint density at radius 2 is 2.06 bits per heavy atom. The van der Waals surface area contributed by atoms with Gasteiger partial charge in [-0.15, -0.1) is 0 Å². The molecule has 0 fully saturated rings. The number of hydrogen-bond donors (Lipinski definition) is 2. The minimum absolute atomic E-state index is 0.0210. The Kier molecular flexibility index (Phi) is 2.59. The van der Waals surface area contributed by atoms with E-state index in [0.717, 1.165) is 6.07 Å². The minimum atomic E-state index is -1.56. The Balaban J connectivity index is 2.56. The lowest BCUT2D eigenvalue weighted by molar-refractivity contribution is -0.117. The van der Waals surface area contributed by atoms with Crippen molar-refractivity contribution in [3.8, 4) is 0 Å². The van der Waals surface area contributed by atoms with Gasteiger partial charge in [0.2, 0.25) is 5.91 Å². The van der Waals surface area contributed by atoms with Crippen molar-refractivity contribution in [1.82, 2.24) is 5.32 Å². The summed E-state index contributed by atoms with van der Waals surface area (Å²) in [6.45, 7) is 2.14. The van der Waals surface area contributed by atoms with Crippen molar-refractivity contribution < 1.29 is 18.0 Å². The SMILES string of the molecule is CCNC1C(=O)Nc2cc(F)c(F)c(F)c21. The van der Waals surface area contributed by atoms with Crippen molar-refractivity contribution in [1.29, 1.82) is 0 Å². The average molecular weight is 230 g/mol. The highest BCUT2D eigenvalue weighted by atomic mass is 19.2. The third kappa shape index (κ3) is 1.46. The van der Waals surface area contributed by atoms with Crippen LogP contribution >= 0.6 is 0 Å². The summed E-state index contributed by atoms with van der Waals surface area (Å²) >= 11 is 0. The van der Waals surface area contributed by atoms with Crippen LogP contribution in [0.1, 0.15) is 18.5 Å². The Hall–Kier alpha value is -1.56. The molecular formula is C10H9F3N2O. The predicted octanol–water partition coefficient (Wildman–Crippen LogP) is 1.71. The number of halogens is 3. The van der Waals surface area contributed by atoms with Gasteiger partial charge in [-0.05, 0) is 6.54 Å². The first kappa shape index (κ1) is 10.9. The lowest BCUT2D eigenvalue weighted by Crippen LogP contribution is -2.27. The summed E-state index contributed by atoms with van der Waals surface area (Å²) < 4.78 is 39.4. The third-order valence-electron chi connectivity index (χ3n) is 2.42. The standard InChI is InChI=1S/C10H9F3N2O/c1-2-14-9-6-5(15-10(9)16)3-4(11)7(12)8(6)13/h3,9,14H,2H2,1H3,(H,15,16). The van der Waals surface area contributed by atoms with Crippen LogP contribution in [0.25, 0.3) is 0 Å². The second-order valence-corrected chi connectivity index (χ2v) is 3.43. The topological polar surface area (TPSA) is 41.1 Å². The number of likely N-dealkylation sites (N-methyl/N-ethyl adjacent to an activating group) is 1. The van der Waals surface area contributed by atoms with E-state index >= 15 is 0 Å². The van der Waals surface area contributed by atoms with E-state index in [2.05, 4.69) is 10.6 Å². The van der Waals surface area contributed by atoms with E-state index in [1.54, 1.807) is 6.92 Å². The molecule has 2 N–H and O–H groups in total. The zero-order chi connectivity index (χ0) is 11.9. The van der Waals surface area contributed by atoms with Crippen LogP contribution in [-0.2, 0) is 4.79 Å². The van der Waals surface area contributed by atoms with Crippen LogP contribution in [0.15, 0.2) is 6.07 Å². The van der Waals surface area contributed by atoms with Gasteiger partial charge < -0.3 is 10.6 Å². The smallest absolute Gasteiger partial charge is 0.246 e. The zero-order valence-corrected chi connectivity index (χ0v) is 8.40. The number of hydrogen-bond acceptors (Lipinski definition) is 2. The van der Waals surface area contributed by atoms with Crippen molar-refractivity contribution in [2.45, 2.75) is 13.0 Å². The molecule has 1 heterocycles. The van der Waals surface area contributed by atoms with E-state index in [1.807, 2.05) is 0 Å². The zero-order valence-electron chi connectivity index (χ0n) is 8.40. The highest BCUT2D eigenvalue weighted by molar-refractivity contribution is 6.02. The Bertz CT molecular complexity index is 462. The number of rotatable bonds is 2. The molecule has 1 aliphatic rings. The molecule has 1 aliphatic heterocycles. The molecule has 6 heteroatoms. The molecule has 1 aromatic rings. The molecule has 0 bridgehead atoms. The number of benzene rings is 1. The maximum Gasteiger partial charge on any atom is 0.246 e. The lowest BCUT2D eigenvalue weighted by atomic mass is 10.1. The second-order valence-electron chi connectivity index (χ2n) is 3.43. The van der Waals surface area contributed by atoms with Crippen molar-refractivity contribution in [3.05, 3.63) is 29.1 Å². The molecule has 86 valence electrons. The summed E-state index contributed by atoms with van der Waals surface area (Å²) in [4.78, 5) is 11.4. The van der Waals surface area contributed by atoms with Gasteiger partial charge in [0, 0.05) is 11.6 Å². The van der Waals surface area contributed by atoms with E-state index < -0.39 is 29.4 Å². The van der Waals surface area contributed by atoms with Gasteiger partial charge in [0.05, 0.1) is 5.69 Å². The van der Waals surface area contributed by atoms with Crippen molar-refractivity contribution in [2.24, 2.45) is 0 Å². The molecule has 0 saturated heterocycles. The van der Waals surface area contributed by atoms with E-state index in [0.29, 0.717) is 6.54 Å². The van der Waals surface area contributed by atoms with Gasteiger partial charge in [0.15, 0.2) is 17.5 Å². The Morgan fingerprint density at radius 1 is 1.38 bits per heavy atom. The third-order valence-corrected chi connectivity index (χ3v) is 2.42. The fraction of sp³-hybridized carbons (Fsp3) is 0.300. The first-order valence-corrected chi connectivity index (χ1v) is 4.78. The first-order valence-electron chi connectivity index (χ1n) is 4.78. The molecule has 1 atom stereocenters. The van der Waals surface area contributed by atoms with E-state index in [-0.39, 0.29) is 11.3 Å². The summed E-state index contributed by atoms with van der Waals surface area (Å²) in [5, 5.41) is 4.99. The summed E-state index contributed by atoms with van der Waals surface area (Å²) in [5.74, 6) is -4.70. The monoisotopic (exact) mass is 230 g/mol. The van der Waals surface area contributed by atoms with Crippen molar-refractivity contribution >= 4 is 11.6 Å². The van der Waals surface area contributed by atoms with Crippen LogP contribution in [0, 0.1) is 17.5 Å². The van der Waals surface area contributed by atoms with Gasteiger partial charge in [0.1, 0.15) is 6.04 Å². The van der Waals surface area contributed by atoms with Crippen LogP contribution < -0.4 is 10.6 Å². The Labute approximate surface area is 89.6 Å². The minimum Gasteiger partial charge on any atom is -0.324 e. The summed E-state index contributed by atoms with van der Waals surface area (Å²) in [6, 6.07) is -0.182. The van der Waals surface area contributed by atoms with Crippen LogP contribution in [0.4, 0.5) is 18.9 Å². The highest BCUT2D eigenvalue weighted by Gasteiger charge is 2.35. The Morgan fingerprint density at radius 3 is 2.69 bits per heavy atom. The fourth-order valence-corrected chi connectivity index (χ4v) is 1.73. The molecule has 0 aromatic heterocycles. The number of nitrogens with one attached hydrogen (secondary N) is 2. The lowest BCUT2D eigenvalue weighted by Gasteiger charge is -2.10. The predicted molar refractivity (Wildman–Crippen MR) is 51.4 cm³/mol. The van der Waals surface area contributed by atoms with Crippen molar-refractivity contribution in [3.63, 3.8) is 0 Å². The maximum atomic E-state index is 13.5. The largest absolute Gasteiger partial charge is 0.324 e. The van der Waals surface area contributed by atoms with Gasteiger partial charge in [-0.2, -0.15) is 0 Å². The van der Waals surface area contributed by atoms with E-state index in [1.165, 1.54) is 0 Å². The van der Waals surface area contributed by atoms with E-state index in [4.69, 9.17) is 0 Å². The molecule has 0 saturated carbocycles. The van der Waals surface area contributed by atoms with E-state index in [9.17, 15) is 18.0 Å². The normalized spacial score (nSPS) is 18.5. The van der Waals surface area contributed by atoms with Crippen molar-refractivity contribution in [2.75, 3.05) is 11.9 Å². The fourth-order valence-electron chi connectivity index (χ4n) is 1.73. The first-order chi connectivity index (χ1) is 7.56. The summed E-state index contributed by atoms with van der Waals surface area (Å²) in [7, 11) is 0. The maximum absolute atomic E-state index is 13.5. The molecule has 16 heavy (non-hydrogen) atoms. The van der Waals surface area contributed by atoms with Crippen LogP contribution in [0.2, 0.25) is 0 Å². The number of anilines is 1. The van der Waals surface area contributed by atoms with Gasteiger partial charge in [-0.3, -0.25) is 4.79 Å². The number of amides is 1. The van der Waals surface area contributed by atoms with Crippen LogP contribution in [0.5, 0.6) is 0 Å². The van der Waals surface area contributed by atoms with Gasteiger partial charge in [-0.1, -0.05) is 6.92 Å². The van der Waals surface area contributed by atoms with Crippen LogP contribution in [-0.4, -0.2) is 12.5 Å². The van der Waals surface area contributed by atoms with Crippen LogP contribution in [0.3, 0.4) is 0 Å². The molecular weight excluding hydrogens is 221 g/mol. The van der Waals surface area contributed by atoms with Gasteiger partial charge >= 0.3 is 0 Å². The molecule has 1 aromatic carbocycles. The highest BCUT2D eigenvalue weighted by Crippen LogP contribution is 2.35. The molecule has 0 aliphatic carbocycles.